The number of carbonyl (C=O) groups is 1. The number of benzene rings is 1. The molecular weight excluding hydrogens is 327 g/mol. The Morgan fingerprint density at radius 2 is 1.92 bits per heavy atom. The molecule has 0 aliphatic carbocycles. The average molecular weight is 343 g/mol. The van der Waals surface area contributed by atoms with Gasteiger partial charge in [-0.2, -0.15) is 18.3 Å². The topological polar surface area (TPSA) is 65.4 Å². The summed E-state index contributed by atoms with van der Waals surface area (Å²) in [6.45, 7) is 0.798. The number of nitrogens with zero attached hydrogens (tertiary/aromatic N) is 2. The molecule has 2 rings (SSSR count). The van der Waals surface area contributed by atoms with Crippen molar-refractivity contribution in [1.82, 2.24) is 9.78 Å². The van der Waals surface area contributed by atoms with E-state index in [-0.39, 0.29) is 0 Å². The van der Waals surface area contributed by atoms with Crippen molar-refractivity contribution >= 4 is 11.6 Å². The van der Waals surface area contributed by atoms with Crippen LogP contribution in [-0.4, -0.2) is 36.0 Å². The predicted octanol–water partition coefficient (Wildman–Crippen LogP) is 2.72. The average Bonchev–Trinajstić information content (AvgIpc) is 2.92. The van der Waals surface area contributed by atoms with E-state index in [4.69, 9.17) is 9.47 Å². The first-order valence-corrected chi connectivity index (χ1v) is 6.95. The quantitative estimate of drug-likeness (QED) is 0.819. The number of carbonyl (C=O) groups excluding carboxylic acids is 1. The van der Waals surface area contributed by atoms with Crippen LogP contribution in [0, 0.1) is 0 Å². The second-order valence-corrected chi connectivity index (χ2v) is 4.88. The van der Waals surface area contributed by atoms with Crippen molar-refractivity contribution in [3.05, 3.63) is 41.7 Å². The lowest BCUT2D eigenvalue weighted by atomic mass is 10.2. The molecule has 0 saturated heterocycles. The molecule has 24 heavy (non-hydrogen) atoms. The third-order valence-electron chi connectivity index (χ3n) is 3.01. The predicted molar refractivity (Wildman–Crippen MR) is 80.0 cm³/mol. The molecule has 0 aliphatic rings. The standard InChI is InChI=1S/C15H16F3N3O3/c1-21-9-12(13(20-21)15(16,17)18)14(22)19-10-3-5-11(6-4-10)24-8-7-23-2/h3-6,9H,7-8H2,1-2H3,(H,19,22). The van der Waals surface area contributed by atoms with Crippen molar-refractivity contribution in [3.8, 4) is 5.75 Å². The zero-order valence-electron chi connectivity index (χ0n) is 13.1. The van der Waals surface area contributed by atoms with Crippen LogP contribution in [0.1, 0.15) is 16.1 Å². The monoisotopic (exact) mass is 343 g/mol. The number of methoxy groups -OCH3 is 1. The number of rotatable bonds is 6. The Balaban J connectivity index is 2.07. The number of alkyl halides is 3. The number of ether oxygens (including phenoxy) is 2. The summed E-state index contributed by atoms with van der Waals surface area (Å²) in [5.74, 6) is -0.328. The van der Waals surface area contributed by atoms with Crippen LogP contribution in [-0.2, 0) is 18.0 Å². The van der Waals surface area contributed by atoms with Gasteiger partial charge in [-0.1, -0.05) is 0 Å². The van der Waals surface area contributed by atoms with Crippen LogP contribution in [0.3, 0.4) is 0 Å². The second-order valence-electron chi connectivity index (χ2n) is 4.88. The van der Waals surface area contributed by atoms with Crippen LogP contribution in [0.4, 0.5) is 18.9 Å². The summed E-state index contributed by atoms with van der Waals surface area (Å²) in [7, 11) is 2.87. The fourth-order valence-electron chi connectivity index (χ4n) is 1.94. The largest absolute Gasteiger partial charge is 0.491 e. The Morgan fingerprint density at radius 1 is 1.25 bits per heavy atom. The van der Waals surface area contributed by atoms with Crippen LogP contribution in [0.25, 0.3) is 0 Å². The molecule has 0 radical (unpaired) electrons. The Bertz CT molecular complexity index is 696. The number of halogens is 3. The maximum atomic E-state index is 12.9. The SMILES string of the molecule is COCCOc1ccc(NC(=O)c2cn(C)nc2C(F)(F)F)cc1. The minimum Gasteiger partial charge on any atom is -0.491 e. The molecule has 9 heteroatoms. The lowest BCUT2D eigenvalue weighted by Gasteiger charge is -2.09. The highest BCUT2D eigenvalue weighted by Crippen LogP contribution is 2.31. The van der Waals surface area contributed by atoms with Crippen molar-refractivity contribution in [1.29, 1.82) is 0 Å². The van der Waals surface area contributed by atoms with Crippen molar-refractivity contribution in [3.63, 3.8) is 0 Å². The third kappa shape index (κ3) is 4.48. The molecule has 1 N–H and O–H groups in total. The number of hydrogen-bond acceptors (Lipinski definition) is 4. The van der Waals surface area contributed by atoms with Gasteiger partial charge in [-0.25, -0.2) is 0 Å². The van der Waals surface area contributed by atoms with Gasteiger partial charge < -0.3 is 14.8 Å². The lowest BCUT2D eigenvalue weighted by molar-refractivity contribution is -0.141. The number of hydrogen-bond donors (Lipinski definition) is 1. The van der Waals surface area contributed by atoms with E-state index in [1.807, 2.05) is 0 Å². The number of aromatic nitrogens is 2. The van der Waals surface area contributed by atoms with E-state index in [1.165, 1.54) is 19.2 Å². The van der Waals surface area contributed by atoms with Crippen molar-refractivity contribution in [2.75, 3.05) is 25.6 Å². The van der Waals surface area contributed by atoms with Gasteiger partial charge in [0.1, 0.15) is 12.4 Å². The van der Waals surface area contributed by atoms with Crippen LogP contribution in [0.5, 0.6) is 5.75 Å². The molecule has 1 aromatic heterocycles. The van der Waals surface area contributed by atoms with Gasteiger partial charge in [0.25, 0.3) is 5.91 Å². The summed E-state index contributed by atoms with van der Waals surface area (Å²) >= 11 is 0. The van der Waals surface area contributed by atoms with E-state index < -0.39 is 23.3 Å². The molecular formula is C15H16F3N3O3. The maximum absolute atomic E-state index is 12.9. The summed E-state index contributed by atoms with van der Waals surface area (Å²) in [5, 5.41) is 5.71. The summed E-state index contributed by atoms with van der Waals surface area (Å²) in [6, 6.07) is 6.26. The van der Waals surface area contributed by atoms with Gasteiger partial charge in [0.05, 0.1) is 12.2 Å². The molecule has 2 aromatic rings. The first-order valence-electron chi connectivity index (χ1n) is 6.95. The number of nitrogens with one attached hydrogen (secondary N) is 1. The minimum atomic E-state index is -4.70. The van der Waals surface area contributed by atoms with Crippen LogP contribution in [0.2, 0.25) is 0 Å². The van der Waals surface area contributed by atoms with E-state index in [0.29, 0.717) is 24.7 Å². The number of anilines is 1. The van der Waals surface area contributed by atoms with Gasteiger partial charge in [0, 0.05) is 26.0 Å². The highest BCUT2D eigenvalue weighted by molar-refractivity contribution is 6.05. The summed E-state index contributed by atoms with van der Waals surface area (Å²) < 4.78 is 49.8. The fourth-order valence-corrected chi connectivity index (χ4v) is 1.94. The van der Waals surface area contributed by atoms with E-state index in [1.54, 1.807) is 19.2 Å². The molecule has 130 valence electrons. The van der Waals surface area contributed by atoms with Crippen LogP contribution >= 0.6 is 0 Å². The lowest BCUT2D eigenvalue weighted by Crippen LogP contribution is -2.17. The van der Waals surface area contributed by atoms with Gasteiger partial charge in [-0.15, -0.1) is 0 Å². The number of aryl methyl sites for hydroxylation is 1. The number of amides is 1. The van der Waals surface area contributed by atoms with E-state index in [0.717, 1.165) is 10.9 Å². The molecule has 0 fully saturated rings. The molecule has 0 atom stereocenters. The first-order chi connectivity index (χ1) is 11.3. The van der Waals surface area contributed by atoms with Crippen molar-refractivity contribution in [2.45, 2.75) is 6.18 Å². The second kappa shape index (κ2) is 7.35. The summed E-state index contributed by atoms with van der Waals surface area (Å²) in [4.78, 5) is 12.1. The Morgan fingerprint density at radius 3 is 2.50 bits per heavy atom. The summed E-state index contributed by atoms with van der Waals surface area (Å²) in [6.07, 6.45) is -3.67. The minimum absolute atomic E-state index is 0.344. The zero-order chi connectivity index (χ0) is 17.7. The molecule has 0 bridgehead atoms. The van der Waals surface area contributed by atoms with Crippen molar-refractivity contribution < 1.29 is 27.4 Å². The Hall–Kier alpha value is -2.55. The molecule has 1 amide bonds. The van der Waals surface area contributed by atoms with Crippen LogP contribution < -0.4 is 10.1 Å². The maximum Gasteiger partial charge on any atom is 0.435 e. The van der Waals surface area contributed by atoms with Gasteiger partial charge in [-0.05, 0) is 24.3 Å². The molecule has 0 unspecified atom stereocenters. The van der Waals surface area contributed by atoms with Gasteiger partial charge in [-0.3, -0.25) is 9.48 Å². The normalized spacial score (nSPS) is 11.4. The molecule has 1 aromatic carbocycles. The van der Waals surface area contributed by atoms with Gasteiger partial charge in [0.2, 0.25) is 0 Å². The van der Waals surface area contributed by atoms with E-state index >= 15 is 0 Å². The van der Waals surface area contributed by atoms with Crippen LogP contribution in [0.15, 0.2) is 30.5 Å². The zero-order valence-corrected chi connectivity index (χ0v) is 13.1. The molecule has 0 spiro atoms. The van der Waals surface area contributed by atoms with E-state index in [2.05, 4.69) is 10.4 Å². The van der Waals surface area contributed by atoms with Crippen molar-refractivity contribution in [2.24, 2.45) is 7.05 Å². The smallest absolute Gasteiger partial charge is 0.435 e. The Kier molecular flexibility index (Phi) is 5.45. The molecule has 0 saturated carbocycles. The molecule has 6 nitrogen and oxygen atoms in total. The van der Waals surface area contributed by atoms with Gasteiger partial charge >= 0.3 is 6.18 Å². The Labute approximate surface area is 136 Å². The van der Waals surface area contributed by atoms with E-state index in [9.17, 15) is 18.0 Å². The third-order valence-corrected chi connectivity index (χ3v) is 3.01. The molecule has 1 heterocycles. The highest BCUT2D eigenvalue weighted by atomic mass is 19.4. The fraction of sp³-hybridized carbons (Fsp3) is 0.333. The highest BCUT2D eigenvalue weighted by Gasteiger charge is 2.38. The van der Waals surface area contributed by atoms with Gasteiger partial charge in [0.15, 0.2) is 5.69 Å². The molecule has 0 aliphatic heterocycles. The summed E-state index contributed by atoms with van der Waals surface area (Å²) in [5.41, 5.74) is -1.41. The first kappa shape index (κ1) is 17.8.